The number of para-hydroxylation sites is 1. The van der Waals surface area contributed by atoms with E-state index >= 15 is 0 Å². The van der Waals surface area contributed by atoms with Crippen LogP contribution in [0.4, 0.5) is 5.69 Å². The highest BCUT2D eigenvalue weighted by Crippen LogP contribution is 2.39. The fraction of sp³-hybridized carbons (Fsp3) is 0.444. The Morgan fingerprint density at radius 3 is 2.63 bits per heavy atom. The first kappa shape index (κ1) is 24.4. The highest BCUT2D eigenvalue weighted by atomic mass is 16.5. The first-order valence-corrected chi connectivity index (χ1v) is 13.0. The third-order valence-corrected chi connectivity index (χ3v) is 8.16. The lowest BCUT2D eigenvalue weighted by atomic mass is 9.85. The molecule has 1 aromatic carbocycles. The molecule has 3 aromatic rings. The van der Waals surface area contributed by atoms with Crippen molar-refractivity contribution < 1.29 is 19.1 Å². The van der Waals surface area contributed by atoms with E-state index in [0.717, 1.165) is 17.5 Å². The third kappa shape index (κ3) is 4.16. The number of methoxy groups -OCH3 is 1. The van der Waals surface area contributed by atoms with Crippen molar-refractivity contribution in [3.8, 4) is 0 Å². The number of H-pyrrole nitrogens is 1. The van der Waals surface area contributed by atoms with Crippen LogP contribution in [0.2, 0.25) is 0 Å². The number of benzene rings is 1. The van der Waals surface area contributed by atoms with E-state index in [9.17, 15) is 14.4 Å². The summed E-state index contributed by atoms with van der Waals surface area (Å²) in [5, 5.41) is 7.55. The Morgan fingerprint density at radius 1 is 1.11 bits per heavy atom. The molecule has 198 valence electrons. The van der Waals surface area contributed by atoms with E-state index in [2.05, 4.69) is 20.1 Å². The molecule has 3 amide bonds. The van der Waals surface area contributed by atoms with Gasteiger partial charge in [0, 0.05) is 50.6 Å². The molecule has 0 saturated carbocycles. The standard InChI is InChI=1S/C27H31N7O4/c1-38-22-7-10-32(16-22)23(35)17-33-18-34(21-5-3-2-4-6-21)27(26(33)37)8-11-31(12-9-27)25(36)20-13-19-15-29-30-24(19)28-14-20/h2-6,13-15,22H,7-12,16-18H2,1H3,(H,28,29,30). The Kier molecular flexibility index (Phi) is 6.22. The van der Waals surface area contributed by atoms with Crippen LogP contribution in [0.15, 0.2) is 48.8 Å². The number of piperidine rings is 1. The van der Waals surface area contributed by atoms with Gasteiger partial charge < -0.3 is 24.3 Å². The zero-order chi connectivity index (χ0) is 26.3. The lowest BCUT2D eigenvalue weighted by Gasteiger charge is -2.43. The Balaban J connectivity index is 1.20. The number of hydrogen-bond acceptors (Lipinski definition) is 7. The molecule has 1 atom stereocenters. The second-order valence-corrected chi connectivity index (χ2v) is 10.2. The summed E-state index contributed by atoms with van der Waals surface area (Å²) in [6, 6.07) is 11.6. The number of carbonyl (C=O) groups excluding carboxylic acids is 3. The minimum absolute atomic E-state index is 0.0411. The number of hydrogen-bond donors (Lipinski definition) is 1. The summed E-state index contributed by atoms with van der Waals surface area (Å²) < 4.78 is 5.40. The van der Waals surface area contributed by atoms with Gasteiger partial charge in [-0.15, -0.1) is 0 Å². The number of nitrogens with zero attached hydrogens (tertiary/aromatic N) is 6. The second-order valence-electron chi connectivity index (χ2n) is 10.2. The molecule has 6 rings (SSSR count). The van der Waals surface area contributed by atoms with Crippen molar-refractivity contribution >= 4 is 34.4 Å². The molecule has 0 bridgehead atoms. The van der Waals surface area contributed by atoms with Crippen molar-refractivity contribution in [2.24, 2.45) is 0 Å². The molecule has 11 nitrogen and oxygen atoms in total. The predicted molar refractivity (Wildman–Crippen MR) is 139 cm³/mol. The Morgan fingerprint density at radius 2 is 1.89 bits per heavy atom. The van der Waals surface area contributed by atoms with Gasteiger partial charge in [-0.2, -0.15) is 5.10 Å². The molecule has 1 spiro atoms. The molecule has 0 aliphatic carbocycles. The van der Waals surface area contributed by atoms with E-state index in [1.807, 2.05) is 30.3 Å². The van der Waals surface area contributed by atoms with Crippen LogP contribution in [0.5, 0.6) is 0 Å². The second kappa shape index (κ2) is 9.71. The largest absolute Gasteiger partial charge is 0.380 e. The summed E-state index contributed by atoms with van der Waals surface area (Å²) in [7, 11) is 1.66. The zero-order valence-corrected chi connectivity index (χ0v) is 21.4. The molecule has 1 N–H and O–H groups in total. The number of aromatic nitrogens is 3. The quantitative estimate of drug-likeness (QED) is 0.545. The first-order valence-electron chi connectivity index (χ1n) is 13.0. The maximum Gasteiger partial charge on any atom is 0.255 e. The lowest BCUT2D eigenvalue weighted by Crippen LogP contribution is -2.57. The fourth-order valence-corrected chi connectivity index (χ4v) is 5.95. The predicted octanol–water partition coefficient (Wildman–Crippen LogP) is 1.49. The summed E-state index contributed by atoms with van der Waals surface area (Å²) in [5.74, 6) is -0.218. The number of fused-ring (bicyclic) bond motifs is 1. The van der Waals surface area contributed by atoms with Gasteiger partial charge in [0.2, 0.25) is 5.91 Å². The average Bonchev–Trinajstić information content (AvgIpc) is 3.69. The van der Waals surface area contributed by atoms with Gasteiger partial charge >= 0.3 is 0 Å². The van der Waals surface area contributed by atoms with Crippen LogP contribution in [0.1, 0.15) is 29.6 Å². The maximum atomic E-state index is 14.0. The van der Waals surface area contributed by atoms with E-state index in [0.29, 0.717) is 56.9 Å². The summed E-state index contributed by atoms with van der Waals surface area (Å²) in [6.45, 7) is 2.44. The smallest absolute Gasteiger partial charge is 0.255 e. The fourth-order valence-electron chi connectivity index (χ4n) is 5.95. The molecule has 11 heteroatoms. The van der Waals surface area contributed by atoms with Gasteiger partial charge in [-0.05, 0) is 37.5 Å². The molecule has 3 aliphatic heterocycles. The molecule has 3 aliphatic rings. The van der Waals surface area contributed by atoms with Gasteiger partial charge in [-0.1, -0.05) is 18.2 Å². The van der Waals surface area contributed by atoms with Gasteiger partial charge in [0.15, 0.2) is 5.65 Å². The molecular weight excluding hydrogens is 486 g/mol. The van der Waals surface area contributed by atoms with Crippen molar-refractivity contribution in [2.75, 3.05) is 51.4 Å². The Bertz CT molecular complexity index is 1350. The number of amides is 3. The molecular formula is C27H31N7O4. The van der Waals surface area contributed by atoms with Crippen LogP contribution >= 0.6 is 0 Å². The van der Waals surface area contributed by atoms with Crippen LogP contribution in [-0.4, -0.2) is 106 Å². The highest BCUT2D eigenvalue weighted by Gasteiger charge is 2.54. The van der Waals surface area contributed by atoms with Crippen molar-refractivity contribution in [3.63, 3.8) is 0 Å². The van der Waals surface area contributed by atoms with Gasteiger partial charge in [-0.25, -0.2) is 4.98 Å². The number of anilines is 1. The van der Waals surface area contributed by atoms with Gasteiger partial charge in [0.25, 0.3) is 11.8 Å². The normalized spacial score (nSPS) is 21.2. The monoisotopic (exact) mass is 517 g/mol. The topological polar surface area (TPSA) is 115 Å². The number of likely N-dealkylation sites (tertiary alicyclic amines) is 2. The summed E-state index contributed by atoms with van der Waals surface area (Å²) in [5.41, 5.74) is 1.27. The minimum Gasteiger partial charge on any atom is -0.380 e. The molecule has 2 aromatic heterocycles. The van der Waals surface area contributed by atoms with E-state index in [4.69, 9.17) is 4.74 Å². The maximum absolute atomic E-state index is 14.0. The summed E-state index contributed by atoms with van der Waals surface area (Å²) >= 11 is 0. The van der Waals surface area contributed by atoms with Crippen LogP contribution in [0, 0.1) is 0 Å². The molecule has 3 fully saturated rings. The van der Waals surface area contributed by atoms with Crippen molar-refractivity contribution in [2.45, 2.75) is 30.9 Å². The van der Waals surface area contributed by atoms with Gasteiger partial charge in [-0.3, -0.25) is 19.5 Å². The number of nitrogens with one attached hydrogen (secondary N) is 1. The van der Waals surface area contributed by atoms with Crippen molar-refractivity contribution in [1.29, 1.82) is 0 Å². The van der Waals surface area contributed by atoms with Gasteiger partial charge in [0.1, 0.15) is 12.1 Å². The number of aromatic amines is 1. The Labute approximate surface area is 220 Å². The van der Waals surface area contributed by atoms with Gasteiger partial charge in [0.05, 0.1) is 24.5 Å². The number of rotatable bonds is 5. The molecule has 1 unspecified atom stereocenters. The van der Waals surface area contributed by atoms with Crippen LogP contribution < -0.4 is 4.90 Å². The van der Waals surface area contributed by atoms with E-state index in [1.54, 1.807) is 40.3 Å². The summed E-state index contributed by atoms with van der Waals surface area (Å²) in [6.07, 6.45) is 5.02. The lowest BCUT2D eigenvalue weighted by molar-refractivity contribution is -0.140. The average molecular weight is 518 g/mol. The molecule has 5 heterocycles. The van der Waals surface area contributed by atoms with E-state index in [1.165, 1.54) is 0 Å². The minimum atomic E-state index is -0.800. The number of ether oxygens (including phenoxy) is 1. The van der Waals surface area contributed by atoms with Crippen LogP contribution in [0.3, 0.4) is 0 Å². The molecule has 0 radical (unpaired) electrons. The number of carbonyl (C=O) groups is 3. The summed E-state index contributed by atoms with van der Waals surface area (Å²) in [4.78, 5) is 52.0. The van der Waals surface area contributed by atoms with Crippen LogP contribution in [0.25, 0.3) is 11.0 Å². The SMILES string of the molecule is COC1CCN(C(=O)CN2CN(c3ccccc3)C3(CCN(C(=O)c4cnc5[nH]ncc5c4)CC3)C2=O)C1. The van der Waals surface area contributed by atoms with E-state index < -0.39 is 5.54 Å². The van der Waals surface area contributed by atoms with Crippen molar-refractivity contribution in [3.05, 3.63) is 54.4 Å². The van der Waals surface area contributed by atoms with E-state index in [-0.39, 0.29) is 30.4 Å². The Hall–Kier alpha value is -3.99. The number of pyridine rings is 1. The van der Waals surface area contributed by atoms with Crippen LogP contribution in [-0.2, 0) is 14.3 Å². The highest BCUT2D eigenvalue weighted by molar-refractivity contribution is 5.98. The third-order valence-electron chi connectivity index (χ3n) is 8.16. The molecule has 3 saturated heterocycles. The first-order chi connectivity index (χ1) is 18.5. The van der Waals surface area contributed by atoms with Crippen molar-refractivity contribution in [1.82, 2.24) is 29.9 Å². The zero-order valence-electron chi connectivity index (χ0n) is 21.4. The molecule has 38 heavy (non-hydrogen) atoms.